The maximum absolute atomic E-state index is 12.9. The van der Waals surface area contributed by atoms with Gasteiger partial charge < -0.3 is 9.84 Å². The van der Waals surface area contributed by atoms with Crippen molar-refractivity contribution in [2.45, 2.75) is 142 Å². The Balaban J connectivity index is 2.46. The molecule has 0 amide bonds. The second kappa shape index (κ2) is 15.7. The molecule has 1 atom stereocenters. The molecule has 1 rings (SSSR count). The van der Waals surface area contributed by atoms with Crippen LogP contribution in [-0.2, 0) is 14.3 Å². The monoisotopic (exact) mass is 424 g/mol. The summed E-state index contributed by atoms with van der Waals surface area (Å²) in [4.78, 5) is 24.9. The minimum atomic E-state index is -1.30. The van der Waals surface area contributed by atoms with Crippen molar-refractivity contribution in [3.05, 3.63) is 0 Å². The van der Waals surface area contributed by atoms with E-state index < -0.39 is 17.4 Å². The Hall–Kier alpha value is -1.06. The van der Waals surface area contributed by atoms with Gasteiger partial charge in [-0.25, -0.2) is 0 Å². The zero-order chi connectivity index (χ0) is 22.2. The highest BCUT2D eigenvalue weighted by Gasteiger charge is 2.48. The van der Waals surface area contributed by atoms with Gasteiger partial charge in [-0.15, -0.1) is 0 Å². The number of carbonyl (C=O) groups is 2. The van der Waals surface area contributed by atoms with Crippen LogP contribution >= 0.6 is 0 Å². The summed E-state index contributed by atoms with van der Waals surface area (Å²) in [6.45, 7) is 6.67. The van der Waals surface area contributed by atoms with Crippen LogP contribution in [0, 0.1) is 11.3 Å². The normalized spacial score (nSPS) is 17.1. The number of hydrogen-bond donors (Lipinski definition) is 1. The smallest absolute Gasteiger partial charge is 0.323 e. The van der Waals surface area contributed by atoms with E-state index in [0.717, 1.165) is 51.4 Å². The zero-order valence-corrected chi connectivity index (χ0v) is 20.1. The first-order valence-corrected chi connectivity index (χ1v) is 12.9. The Bertz CT molecular complexity index is 466. The van der Waals surface area contributed by atoms with Crippen LogP contribution in [0.1, 0.15) is 136 Å². The number of carboxylic acid groups (broad SMARTS) is 1. The fraction of sp³-hybridized carbons (Fsp3) is 0.923. The van der Waals surface area contributed by atoms with Crippen molar-refractivity contribution in [3.63, 3.8) is 0 Å². The molecule has 1 aliphatic rings. The number of ether oxygens (including phenoxy) is 1. The summed E-state index contributed by atoms with van der Waals surface area (Å²) in [7, 11) is 0. The predicted octanol–water partition coefficient (Wildman–Crippen LogP) is 7.68. The van der Waals surface area contributed by atoms with Crippen molar-refractivity contribution in [1.82, 2.24) is 0 Å². The van der Waals surface area contributed by atoms with Gasteiger partial charge in [0.2, 0.25) is 0 Å². The number of carboxylic acids is 1. The van der Waals surface area contributed by atoms with Gasteiger partial charge in [0.15, 0.2) is 5.41 Å². The number of aliphatic carboxylic acids is 1. The molecule has 1 fully saturated rings. The highest BCUT2D eigenvalue weighted by molar-refractivity contribution is 5.99. The first-order valence-electron chi connectivity index (χ1n) is 12.9. The average Bonchev–Trinajstić information content (AvgIpc) is 2.72. The van der Waals surface area contributed by atoms with Crippen molar-refractivity contribution in [2.75, 3.05) is 0 Å². The SMILES string of the molecule is CCCCCCCCCCCC(CCCC(C)C)OC(=O)C1(C(=O)O)CCCCC1. The Morgan fingerprint density at radius 2 is 1.33 bits per heavy atom. The minimum absolute atomic E-state index is 0.126. The third kappa shape index (κ3) is 10.3. The van der Waals surface area contributed by atoms with Gasteiger partial charge >= 0.3 is 11.9 Å². The molecule has 1 N–H and O–H groups in total. The van der Waals surface area contributed by atoms with E-state index in [-0.39, 0.29) is 6.10 Å². The summed E-state index contributed by atoms with van der Waals surface area (Å²) in [5, 5.41) is 9.77. The molecule has 0 radical (unpaired) electrons. The largest absolute Gasteiger partial charge is 0.480 e. The van der Waals surface area contributed by atoms with Crippen molar-refractivity contribution in [3.8, 4) is 0 Å². The predicted molar refractivity (Wildman–Crippen MR) is 124 cm³/mol. The Labute approximate surface area is 185 Å². The summed E-state index contributed by atoms with van der Waals surface area (Å²) in [6.07, 6.45) is 18.7. The minimum Gasteiger partial charge on any atom is -0.480 e. The van der Waals surface area contributed by atoms with E-state index in [0.29, 0.717) is 18.8 Å². The van der Waals surface area contributed by atoms with Crippen LogP contribution in [-0.4, -0.2) is 23.1 Å². The van der Waals surface area contributed by atoms with E-state index in [4.69, 9.17) is 4.74 Å². The third-order valence-corrected chi connectivity index (χ3v) is 6.72. The van der Waals surface area contributed by atoms with E-state index in [1.807, 2.05) is 0 Å². The summed E-state index contributed by atoms with van der Waals surface area (Å²) >= 11 is 0. The van der Waals surface area contributed by atoms with Gasteiger partial charge in [-0.2, -0.15) is 0 Å². The summed E-state index contributed by atoms with van der Waals surface area (Å²) in [5.41, 5.74) is -1.30. The highest BCUT2D eigenvalue weighted by Crippen LogP contribution is 2.38. The summed E-state index contributed by atoms with van der Waals surface area (Å²) in [6, 6.07) is 0. The molecule has 0 heterocycles. The van der Waals surface area contributed by atoms with E-state index >= 15 is 0 Å². The Morgan fingerprint density at radius 1 is 0.800 bits per heavy atom. The van der Waals surface area contributed by atoms with E-state index in [9.17, 15) is 14.7 Å². The lowest BCUT2D eigenvalue weighted by Crippen LogP contribution is -2.43. The van der Waals surface area contributed by atoms with Gasteiger partial charge in [-0.05, 0) is 44.4 Å². The third-order valence-electron chi connectivity index (χ3n) is 6.72. The number of carbonyl (C=O) groups excluding carboxylic acids is 1. The van der Waals surface area contributed by atoms with Crippen LogP contribution < -0.4 is 0 Å². The lowest BCUT2D eigenvalue weighted by molar-refractivity contribution is -0.175. The molecule has 4 nitrogen and oxygen atoms in total. The van der Waals surface area contributed by atoms with Gasteiger partial charge in [-0.3, -0.25) is 9.59 Å². The van der Waals surface area contributed by atoms with Gasteiger partial charge in [0, 0.05) is 0 Å². The molecule has 1 unspecified atom stereocenters. The summed E-state index contributed by atoms with van der Waals surface area (Å²) in [5.74, 6) is -0.825. The number of hydrogen-bond acceptors (Lipinski definition) is 3. The quantitative estimate of drug-likeness (QED) is 0.148. The maximum atomic E-state index is 12.9. The first kappa shape index (κ1) is 27.0. The van der Waals surface area contributed by atoms with Crippen LogP contribution in [0.3, 0.4) is 0 Å². The fourth-order valence-corrected chi connectivity index (χ4v) is 4.62. The van der Waals surface area contributed by atoms with Crippen molar-refractivity contribution in [2.24, 2.45) is 11.3 Å². The molecular formula is C26H48O4. The summed E-state index contributed by atoms with van der Waals surface area (Å²) < 4.78 is 5.89. The molecule has 176 valence electrons. The molecular weight excluding hydrogens is 376 g/mol. The highest BCUT2D eigenvalue weighted by atomic mass is 16.5. The van der Waals surface area contributed by atoms with Crippen LogP contribution in [0.4, 0.5) is 0 Å². The molecule has 1 saturated carbocycles. The lowest BCUT2D eigenvalue weighted by atomic mass is 9.74. The van der Waals surface area contributed by atoms with Crippen LogP contribution in [0.2, 0.25) is 0 Å². The Morgan fingerprint density at radius 3 is 1.87 bits per heavy atom. The van der Waals surface area contributed by atoms with Gasteiger partial charge in [-0.1, -0.05) is 97.8 Å². The second-order valence-electron chi connectivity index (χ2n) is 9.92. The molecule has 0 aromatic rings. The average molecular weight is 425 g/mol. The second-order valence-corrected chi connectivity index (χ2v) is 9.92. The van der Waals surface area contributed by atoms with E-state index in [1.54, 1.807) is 0 Å². The molecule has 4 heteroatoms. The molecule has 0 aromatic carbocycles. The molecule has 30 heavy (non-hydrogen) atoms. The molecule has 0 saturated heterocycles. The van der Waals surface area contributed by atoms with E-state index in [2.05, 4.69) is 20.8 Å². The van der Waals surface area contributed by atoms with Gasteiger partial charge in [0.25, 0.3) is 0 Å². The first-order chi connectivity index (χ1) is 14.4. The topological polar surface area (TPSA) is 63.6 Å². The Kier molecular flexibility index (Phi) is 14.1. The van der Waals surface area contributed by atoms with Crippen molar-refractivity contribution < 1.29 is 19.4 Å². The van der Waals surface area contributed by atoms with E-state index in [1.165, 1.54) is 51.4 Å². The number of rotatable bonds is 17. The lowest BCUT2D eigenvalue weighted by Gasteiger charge is -2.32. The molecule has 0 spiro atoms. The molecule has 0 aromatic heterocycles. The number of unbranched alkanes of at least 4 members (excludes halogenated alkanes) is 8. The van der Waals surface area contributed by atoms with Gasteiger partial charge in [0.1, 0.15) is 6.10 Å². The molecule has 1 aliphatic carbocycles. The number of esters is 1. The van der Waals surface area contributed by atoms with Gasteiger partial charge in [0.05, 0.1) is 0 Å². The van der Waals surface area contributed by atoms with Crippen molar-refractivity contribution in [1.29, 1.82) is 0 Å². The fourth-order valence-electron chi connectivity index (χ4n) is 4.62. The van der Waals surface area contributed by atoms with Crippen LogP contribution in [0.5, 0.6) is 0 Å². The van der Waals surface area contributed by atoms with Crippen LogP contribution in [0.25, 0.3) is 0 Å². The van der Waals surface area contributed by atoms with Crippen LogP contribution in [0.15, 0.2) is 0 Å². The van der Waals surface area contributed by atoms with Crippen molar-refractivity contribution >= 4 is 11.9 Å². The maximum Gasteiger partial charge on any atom is 0.323 e. The standard InChI is InChI=1S/C26H48O4/c1-4-5-6-7-8-9-10-11-13-18-23(19-16-17-22(2)3)30-25(29)26(24(27)28)20-14-12-15-21-26/h22-23H,4-21H2,1-3H3,(H,27,28). The molecule has 0 bridgehead atoms. The zero-order valence-electron chi connectivity index (χ0n) is 20.1. The molecule has 0 aliphatic heterocycles.